The van der Waals surface area contributed by atoms with E-state index in [1.807, 2.05) is 42.6 Å². The van der Waals surface area contributed by atoms with Gasteiger partial charge in [-0.25, -0.2) is 0 Å². The first-order valence-corrected chi connectivity index (χ1v) is 10.2. The number of amides is 1. The minimum Gasteiger partial charge on any atom is -0.490 e. The average Bonchev–Trinajstić information content (AvgIpc) is 3.24. The standard InChI is InChI=1S/C22H28N4O2.2ClH/c27-22(25-18-8-12-23-15-18)17-4-6-20(7-5-17)28-21-9-13-26(14-10-21)16-19-3-1-2-11-24-19;;/h1-7,11,18,21,23H,8-10,12-16H2,(H,25,27);2*1H. The number of piperidine rings is 1. The van der Waals surface area contributed by atoms with Crippen molar-refractivity contribution >= 4 is 30.7 Å². The first-order valence-electron chi connectivity index (χ1n) is 10.2. The van der Waals surface area contributed by atoms with Crippen molar-refractivity contribution in [3.05, 3.63) is 59.9 Å². The molecule has 8 heteroatoms. The monoisotopic (exact) mass is 452 g/mol. The maximum atomic E-state index is 12.3. The zero-order valence-corrected chi connectivity index (χ0v) is 18.6. The Morgan fingerprint density at radius 2 is 1.87 bits per heavy atom. The lowest BCUT2D eigenvalue weighted by atomic mass is 10.1. The van der Waals surface area contributed by atoms with Gasteiger partial charge in [-0.05, 0) is 62.2 Å². The topological polar surface area (TPSA) is 66.5 Å². The van der Waals surface area contributed by atoms with E-state index < -0.39 is 0 Å². The summed E-state index contributed by atoms with van der Waals surface area (Å²) in [6.07, 6.45) is 5.07. The molecule has 164 valence electrons. The number of halogens is 2. The van der Waals surface area contributed by atoms with Gasteiger partial charge in [-0.1, -0.05) is 6.07 Å². The van der Waals surface area contributed by atoms with Crippen LogP contribution in [0, 0.1) is 0 Å². The second-order valence-corrected chi connectivity index (χ2v) is 7.60. The number of nitrogens with one attached hydrogen (secondary N) is 2. The number of pyridine rings is 1. The highest BCUT2D eigenvalue weighted by Gasteiger charge is 2.21. The lowest BCUT2D eigenvalue weighted by molar-refractivity contribution is 0.0938. The smallest absolute Gasteiger partial charge is 0.251 e. The zero-order chi connectivity index (χ0) is 19.2. The molecule has 0 bridgehead atoms. The van der Waals surface area contributed by atoms with Gasteiger partial charge in [-0.3, -0.25) is 14.7 Å². The average molecular weight is 453 g/mol. The van der Waals surface area contributed by atoms with Crippen molar-refractivity contribution in [2.24, 2.45) is 0 Å². The molecule has 1 aromatic heterocycles. The molecule has 2 N–H and O–H groups in total. The highest BCUT2D eigenvalue weighted by Crippen LogP contribution is 2.20. The van der Waals surface area contributed by atoms with E-state index >= 15 is 0 Å². The molecule has 1 atom stereocenters. The molecule has 1 amide bonds. The van der Waals surface area contributed by atoms with Crippen LogP contribution in [-0.2, 0) is 6.54 Å². The third-order valence-corrected chi connectivity index (χ3v) is 5.46. The van der Waals surface area contributed by atoms with Crippen molar-refractivity contribution in [2.45, 2.75) is 38.0 Å². The van der Waals surface area contributed by atoms with E-state index in [0.29, 0.717) is 5.56 Å². The van der Waals surface area contributed by atoms with Gasteiger partial charge in [0.15, 0.2) is 0 Å². The van der Waals surface area contributed by atoms with Crippen LogP contribution in [0.1, 0.15) is 35.3 Å². The number of hydrogen-bond donors (Lipinski definition) is 2. The van der Waals surface area contributed by atoms with E-state index in [2.05, 4.69) is 26.6 Å². The molecular formula is C22H30Cl2N4O2. The Kier molecular flexibility index (Phi) is 9.85. The third-order valence-electron chi connectivity index (χ3n) is 5.46. The van der Waals surface area contributed by atoms with Crippen LogP contribution < -0.4 is 15.4 Å². The van der Waals surface area contributed by atoms with Gasteiger partial charge in [-0.2, -0.15) is 0 Å². The van der Waals surface area contributed by atoms with Crippen LogP contribution in [0.5, 0.6) is 5.75 Å². The molecule has 0 saturated carbocycles. The SMILES string of the molecule is Cl.Cl.O=C(NC1CCNC1)c1ccc(OC2CCN(Cc3ccccn3)CC2)cc1. The number of ether oxygens (including phenoxy) is 1. The molecule has 6 nitrogen and oxygen atoms in total. The molecule has 2 aromatic rings. The molecule has 2 fully saturated rings. The Labute approximate surface area is 190 Å². The summed E-state index contributed by atoms with van der Waals surface area (Å²) >= 11 is 0. The van der Waals surface area contributed by atoms with Gasteiger partial charge in [0.2, 0.25) is 0 Å². The minimum absolute atomic E-state index is 0. The van der Waals surface area contributed by atoms with Crippen LogP contribution in [0.3, 0.4) is 0 Å². The lowest BCUT2D eigenvalue weighted by Gasteiger charge is -2.31. The number of likely N-dealkylation sites (tertiary alicyclic amines) is 1. The van der Waals surface area contributed by atoms with Crippen LogP contribution in [0.4, 0.5) is 0 Å². The summed E-state index contributed by atoms with van der Waals surface area (Å²) in [5.41, 5.74) is 1.80. The van der Waals surface area contributed by atoms with Gasteiger partial charge >= 0.3 is 0 Å². The summed E-state index contributed by atoms with van der Waals surface area (Å²) in [5.74, 6) is 0.824. The molecule has 0 radical (unpaired) electrons. The Balaban J connectivity index is 0.00000160. The van der Waals surface area contributed by atoms with Crippen molar-refractivity contribution in [2.75, 3.05) is 26.2 Å². The quantitative estimate of drug-likeness (QED) is 0.704. The van der Waals surface area contributed by atoms with Gasteiger partial charge in [0.1, 0.15) is 11.9 Å². The summed E-state index contributed by atoms with van der Waals surface area (Å²) in [4.78, 5) is 19.1. The summed E-state index contributed by atoms with van der Waals surface area (Å²) in [6, 6.07) is 13.8. The van der Waals surface area contributed by atoms with Gasteiger partial charge in [0, 0.05) is 44.0 Å². The molecular weight excluding hydrogens is 423 g/mol. The van der Waals surface area contributed by atoms with Crippen molar-refractivity contribution < 1.29 is 9.53 Å². The number of carbonyl (C=O) groups excluding carboxylic acids is 1. The summed E-state index contributed by atoms with van der Waals surface area (Å²) in [5, 5.41) is 6.33. The minimum atomic E-state index is -0.0110. The molecule has 30 heavy (non-hydrogen) atoms. The first-order chi connectivity index (χ1) is 13.8. The summed E-state index contributed by atoms with van der Waals surface area (Å²) in [7, 11) is 0. The summed E-state index contributed by atoms with van der Waals surface area (Å²) < 4.78 is 6.14. The third kappa shape index (κ3) is 6.84. The zero-order valence-electron chi connectivity index (χ0n) is 17.0. The van der Waals surface area contributed by atoms with Crippen LogP contribution in [0.15, 0.2) is 48.7 Å². The predicted octanol–water partition coefficient (Wildman–Crippen LogP) is 3.06. The number of nitrogens with zero attached hydrogens (tertiary/aromatic N) is 2. The molecule has 0 aliphatic carbocycles. The van der Waals surface area contributed by atoms with Crippen LogP contribution in [0.2, 0.25) is 0 Å². The maximum Gasteiger partial charge on any atom is 0.251 e. The van der Waals surface area contributed by atoms with Gasteiger partial charge in [-0.15, -0.1) is 24.8 Å². The fraction of sp³-hybridized carbons (Fsp3) is 0.455. The van der Waals surface area contributed by atoms with Gasteiger partial charge in [0.25, 0.3) is 5.91 Å². The van der Waals surface area contributed by atoms with E-state index in [1.165, 1.54) is 0 Å². The number of aromatic nitrogens is 1. The Morgan fingerprint density at radius 3 is 2.50 bits per heavy atom. The molecule has 2 saturated heterocycles. The highest BCUT2D eigenvalue weighted by atomic mass is 35.5. The Morgan fingerprint density at radius 1 is 1.10 bits per heavy atom. The van der Waals surface area contributed by atoms with Gasteiger partial charge in [0.05, 0.1) is 5.69 Å². The summed E-state index contributed by atoms with van der Waals surface area (Å²) in [6.45, 7) is 4.74. The van der Waals surface area contributed by atoms with Crippen molar-refractivity contribution in [3.63, 3.8) is 0 Å². The largest absolute Gasteiger partial charge is 0.490 e. The molecule has 2 aliphatic rings. The number of benzene rings is 1. The van der Waals surface area contributed by atoms with Crippen molar-refractivity contribution in [1.29, 1.82) is 0 Å². The number of rotatable bonds is 6. The lowest BCUT2D eigenvalue weighted by Crippen LogP contribution is -2.38. The first kappa shape index (κ1) is 24.4. The fourth-order valence-corrected chi connectivity index (χ4v) is 3.83. The molecule has 2 aliphatic heterocycles. The number of hydrogen-bond acceptors (Lipinski definition) is 5. The van der Waals surface area contributed by atoms with E-state index in [1.54, 1.807) is 0 Å². The number of carbonyl (C=O) groups is 1. The van der Waals surface area contributed by atoms with E-state index in [4.69, 9.17) is 4.74 Å². The van der Waals surface area contributed by atoms with Crippen molar-refractivity contribution in [3.8, 4) is 5.75 Å². The predicted molar refractivity (Wildman–Crippen MR) is 123 cm³/mol. The normalized spacial score (nSPS) is 19.4. The van der Waals surface area contributed by atoms with E-state index in [0.717, 1.165) is 63.4 Å². The van der Waals surface area contributed by atoms with Crippen molar-refractivity contribution in [1.82, 2.24) is 20.5 Å². The fourth-order valence-electron chi connectivity index (χ4n) is 3.83. The second-order valence-electron chi connectivity index (χ2n) is 7.60. The highest BCUT2D eigenvalue weighted by molar-refractivity contribution is 5.94. The van der Waals surface area contributed by atoms with E-state index in [-0.39, 0.29) is 42.9 Å². The second kappa shape index (κ2) is 12.1. The van der Waals surface area contributed by atoms with Crippen LogP contribution >= 0.6 is 24.8 Å². The van der Waals surface area contributed by atoms with Crippen LogP contribution in [-0.4, -0.2) is 54.1 Å². The Bertz CT molecular complexity index is 762. The Hall–Kier alpha value is -1.86. The maximum absolute atomic E-state index is 12.3. The molecule has 1 aromatic carbocycles. The molecule has 4 rings (SSSR count). The van der Waals surface area contributed by atoms with Crippen LogP contribution in [0.25, 0.3) is 0 Å². The van der Waals surface area contributed by atoms with Gasteiger partial charge < -0.3 is 15.4 Å². The molecule has 0 spiro atoms. The van der Waals surface area contributed by atoms with E-state index in [9.17, 15) is 4.79 Å². The molecule has 1 unspecified atom stereocenters. The molecule has 3 heterocycles.